The molecule has 1 N–H and O–H groups in total. The standard InChI is InChI=1S/C19H20Cl2N6O4S/c1-4-26(5-2)32(29,30)18-8-12(6-7-14(18)20)23-19(28)13-9-15(21)16(10-17(13)31-3)27-11-22-24-25-27/h6-11H,4-5H2,1-3H3,(H,23,28). The number of amides is 1. The monoisotopic (exact) mass is 498 g/mol. The molecule has 0 fully saturated rings. The largest absolute Gasteiger partial charge is 0.496 e. The first kappa shape index (κ1) is 23.9. The number of sulfonamides is 1. The number of anilines is 1. The van der Waals surface area contributed by atoms with Crippen molar-refractivity contribution in [3.05, 3.63) is 52.3 Å². The fraction of sp³-hybridized carbons (Fsp3) is 0.263. The molecule has 0 aliphatic heterocycles. The van der Waals surface area contributed by atoms with Crippen molar-refractivity contribution in [1.82, 2.24) is 24.5 Å². The fourth-order valence-electron chi connectivity index (χ4n) is 3.02. The molecule has 170 valence electrons. The van der Waals surface area contributed by atoms with Gasteiger partial charge in [-0.25, -0.2) is 8.42 Å². The third-order valence-electron chi connectivity index (χ3n) is 4.62. The summed E-state index contributed by atoms with van der Waals surface area (Å²) in [6, 6.07) is 7.17. The summed E-state index contributed by atoms with van der Waals surface area (Å²) < 4.78 is 33.7. The van der Waals surface area contributed by atoms with Crippen LogP contribution in [0.25, 0.3) is 5.69 Å². The van der Waals surface area contributed by atoms with Crippen LogP contribution in [0.4, 0.5) is 5.69 Å². The van der Waals surface area contributed by atoms with Gasteiger partial charge in [-0.1, -0.05) is 37.0 Å². The van der Waals surface area contributed by atoms with Crippen LogP contribution in [0.5, 0.6) is 5.75 Å². The Bertz CT molecular complexity index is 1230. The van der Waals surface area contributed by atoms with Crippen LogP contribution in [0, 0.1) is 0 Å². The number of ether oxygens (including phenoxy) is 1. The summed E-state index contributed by atoms with van der Waals surface area (Å²) in [7, 11) is -2.42. The number of halogens is 2. The number of carbonyl (C=O) groups is 1. The van der Waals surface area contributed by atoms with E-state index >= 15 is 0 Å². The van der Waals surface area contributed by atoms with Crippen LogP contribution in [0.1, 0.15) is 24.2 Å². The molecular weight excluding hydrogens is 479 g/mol. The summed E-state index contributed by atoms with van der Waals surface area (Å²) in [5.41, 5.74) is 0.800. The predicted molar refractivity (Wildman–Crippen MR) is 120 cm³/mol. The normalized spacial score (nSPS) is 11.6. The lowest BCUT2D eigenvalue weighted by Gasteiger charge is -2.20. The van der Waals surface area contributed by atoms with E-state index in [1.165, 1.54) is 52.8 Å². The highest BCUT2D eigenvalue weighted by Gasteiger charge is 2.25. The zero-order valence-corrected chi connectivity index (χ0v) is 19.7. The van der Waals surface area contributed by atoms with E-state index in [9.17, 15) is 13.2 Å². The minimum Gasteiger partial charge on any atom is -0.496 e. The molecular formula is C19H20Cl2N6O4S. The lowest BCUT2D eigenvalue weighted by molar-refractivity contribution is 0.102. The van der Waals surface area contributed by atoms with Gasteiger partial charge in [0.25, 0.3) is 5.91 Å². The van der Waals surface area contributed by atoms with Gasteiger partial charge in [-0.15, -0.1) is 5.10 Å². The van der Waals surface area contributed by atoms with Gasteiger partial charge in [0, 0.05) is 24.8 Å². The Morgan fingerprint density at radius 3 is 2.47 bits per heavy atom. The average Bonchev–Trinajstić information content (AvgIpc) is 3.30. The number of aromatic nitrogens is 4. The van der Waals surface area contributed by atoms with Gasteiger partial charge < -0.3 is 10.1 Å². The summed E-state index contributed by atoms with van der Waals surface area (Å²) in [4.78, 5) is 12.8. The van der Waals surface area contributed by atoms with Crippen LogP contribution in [0.3, 0.4) is 0 Å². The Morgan fingerprint density at radius 1 is 1.16 bits per heavy atom. The van der Waals surface area contributed by atoms with Crippen molar-refractivity contribution in [1.29, 1.82) is 0 Å². The molecule has 0 saturated heterocycles. The quantitative estimate of drug-likeness (QED) is 0.505. The number of nitrogens with one attached hydrogen (secondary N) is 1. The van der Waals surface area contributed by atoms with Crippen LogP contribution >= 0.6 is 23.2 Å². The van der Waals surface area contributed by atoms with Crippen molar-refractivity contribution in [3.8, 4) is 11.4 Å². The van der Waals surface area contributed by atoms with Gasteiger partial charge in [0.1, 0.15) is 17.0 Å². The Labute approximate surface area is 195 Å². The van der Waals surface area contributed by atoms with Crippen LogP contribution < -0.4 is 10.1 Å². The Kier molecular flexibility index (Phi) is 7.34. The zero-order chi connectivity index (χ0) is 23.5. The minimum absolute atomic E-state index is 0.0568. The fourth-order valence-corrected chi connectivity index (χ4v) is 5.22. The summed E-state index contributed by atoms with van der Waals surface area (Å²) >= 11 is 12.5. The molecule has 0 unspecified atom stereocenters. The van der Waals surface area contributed by atoms with Gasteiger partial charge in [-0.05, 0) is 34.7 Å². The lowest BCUT2D eigenvalue weighted by Crippen LogP contribution is -2.30. The third-order valence-corrected chi connectivity index (χ3v) is 7.46. The molecule has 1 aromatic heterocycles. The van der Waals surface area contributed by atoms with E-state index in [1.54, 1.807) is 13.8 Å². The first-order valence-electron chi connectivity index (χ1n) is 9.44. The summed E-state index contributed by atoms with van der Waals surface area (Å²) in [6.45, 7) is 4.04. The number of methoxy groups -OCH3 is 1. The second-order valence-electron chi connectivity index (χ2n) is 6.45. The van der Waals surface area contributed by atoms with E-state index in [-0.39, 0.29) is 45.0 Å². The molecule has 0 saturated carbocycles. The van der Waals surface area contributed by atoms with Crippen molar-refractivity contribution >= 4 is 44.8 Å². The smallest absolute Gasteiger partial charge is 0.259 e. The highest BCUT2D eigenvalue weighted by molar-refractivity contribution is 7.89. The predicted octanol–water partition coefficient (Wildman–Crippen LogP) is 3.26. The van der Waals surface area contributed by atoms with E-state index in [0.717, 1.165) is 0 Å². The van der Waals surface area contributed by atoms with E-state index < -0.39 is 15.9 Å². The lowest BCUT2D eigenvalue weighted by atomic mass is 10.1. The van der Waals surface area contributed by atoms with Gasteiger partial charge in [0.05, 0.1) is 28.4 Å². The SMILES string of the molecule is CCN(CC)S(=O)(=O)c1cc(NC(=O)c2cc(Cl)c(-n3cnnn3)cc2OC)ccc1Cl. The minimum atomic E-state index is -3.82. The average molecular weight is 499 g/mol. The zero-order valence-electron chi connectivity index (χ0n) is 17.4. The van der Waals surface area contributed by atoms with Crippen molar-refractivity contribution in [2.24, 2.45) is 0 Å². The molecule has 0 aliphatic carbocycles. The van der Waals surface area contributed by atoms with E-state index in [0.29, 0.717) is 5.69 Å². The first-order chi connectivity index (χ1) is 15.2. The molecule has 1 amide bonds. The number of hydrogen-bond acceptors (Lipinski definition) is 7. The number of rotatable bonds is 8. The summed E-state index contributed by atoms with van der Waals surface area (Å²) in [5.74, 6) is -0.331. The molecule has 0 bridgehead atoms. The molecule has 2 aromatic carbocycles. The number of carbonyl (C=O) groups excluding carboxylic acids is 1. The Morgan fingerprint density at radius 2 is 1.88 bits per heavy atom. The van der Waals surface area contributed by atoms with Gasteiger partial charge >= 0.3 is 0 Å². The number of benzene rings is 2. The molecule has 0 aliphatic rings. The van der Waals surface area contributed by atoms with Gasteiger partial charge in [-0.3, -0.25) is 4.79 Å². The topological polar surface area (TPSA) is 119 Å². The molecule has 0 radical (unpaired) electrons. The van der Waals surface area contributed by atoms with Crippen molar-refractivity contribution in [2.75, 3.05) is 25.5 Å². The summed E-state index contributed by atoms with van der Waals surface area (Å²) in [6.07, 6.45) is 1.35. The van der Waals surface area contributed by atoms with Crippen molar-refractivity contribution < 1.29 is 17.9 Å². The van der Waals surface area contributed by atoms with Gasteiger partial charge in [0.15, 0.2) is 0 Å². The second kappa shape index (κ2) is 9.82. The Balaban J connectivity index is 1.95. The highest BCUT2D eigenvalue weighted by Crippen LogP contribution is 2.31. The molecule has 0 atom stereocenters. The maximum atomic E-state index is 12.9. The molecule has 1 heterocycles. The molecule has 0 spiro atoms. The molecule has 32 heavy (non-hydrogen) atoms. The Hall–Kier alpha value is -2.73. The number of tetrazole rings is 1. The maximum Gasteiger partial charge on any atom is 0.259 e. The highest BCUT2D eigenvalue weighted by atomic mass is 35.5. The number of nitrogens with zero attached hydrogens (tertiary/aromatic N) is 5. The van der Waals surface area contributed by atoms with Crippen molar-refractivity contribution in [3.63, 3.8) is 0 Å². The summed E-state index contributed by atoms with van der Waals surface area (Å²) in [5, 5.41) is 13.8. The third kappa shape index (κ3) is 4.70. The molecule has 3 aromatic rings. The molecule has 3 rings (SSSR count). The molecule has 13 heteroatoms. The maximum absolute atomic E-state index is 12.9. The van der Waals surface area contributed by atoms with Gasteiger partial charge in [-0.2, -0.15) is 8.99 Å². The van der Waals surface area contributed by atoms with Crippen LogP contribution in [0.2, 0.25) is 10.0 Å². The van der Waals surface area contributed by atoms with E-state index in [2.05, 4.69) is 20.8 Å². The van der Waals surface area contributed by atoms with Crippen LogP contribution in [0.15, 0.2) is 41.6 Å². The number of hydrogen-bond donors (Lipinski definition) is 1. The van der Waals surface area contributed by atoms with Crippen molar-refractivity contribution in [2.45, 2.75) is 18.7 Å². The van der Waals surface area contributed by atoms with E-state index in [4.69, 9.17) is 27.9 Å². The molecule has 10 nitrogen and oxygen atoms in total. The van der Waals surface area contributed by atoms with Crippen LogP contribution in [-0.2, 0) is 10.0 Å². The van der Waals surface area contributed by atoms with E-state index in [1.807, 2.05) is 0 Å². The second-order valence-corrected chi connectivity index (χ2v) is 9.17. The first-order valence-corrected chi connectivity index (χ1v) is 11.6. The van der Waals surface area contributed by atoms with Gasteiger partial charge in [0.2, 0.25) is 10.0 Å². The van der Waals surface area contributed by atoms with Crippen LogP contribution in [-0.4, -0.2) is 59.0 Å².